The van der Waals surface area contributed by atoms with Gasteiger partial charge in [0.2, 0.25) is 11.8 Å². The third-order valence-corrected chi connectivity index (χ3v) is 16.5. The first kappa shape index (κ1) is 33.9. The number of rotatable bonds is 4. The summed E-state index contributed by atoms with van der Waals surface area (Å²) in [4.78, 5) is 33.3. The van der Waals surface area contributed by atoms with E-state index in [2.05, 4.69) is 49.9 Å². The van der Waals surface area contributed by atoms with Gasteiger partial charge in [-0.05, 0) is 124 Å². The first-order chi connectivity index (χ1) is 23.0. The van der Waals surface area contributed by atoms with Crippen LogP contribution in [0.4, 0.5) is 0 Å². The van der Waals surface area contributed by atoms with Crippen LogP contribution >= 0.6 is 0 Å². The predicted octanol–water partition coefficient (Wildman–Crippen LogP) is 5.55. The predicted molar refractivity (Wildman–Crippen MR) is 187 cm³/mol. The molecule has 0 aromatic rings. The van der Waals surface area contributed by atoms with Crippen molar-refractivity contribution in [3.05, 3.63) is 0 Å². The summed E-state index contributed by atoms with van der Waals surface area (Å²) >= 11 is 0. The van der Waals surface area contributed by atoms with Crippen LogP contribution in [0, 0.1) is 52.3 Å². The highest BCUT2D eigenvalue weighted by Gasteiger charge is 2.69. The van der Waals surface area contributed by atoms with Gasteiger partial charge >= 0.3 is 0 Å². The number of carbonyl (C=O) groups excluding carboxylic acids is 2. The monoisotopic (exact) mass is 667 g/mol. The molecule has 0 radical (unpaired) electrons. The van der Waals surface area contributed by atoms with Gasteiger partial charge in [-0.2, -0.15) is 0 Å². The van der Waals surface area contributed by atoms with Crippen LogP contribution in [0.3, 0.4) is 0 Å². The van der Waals surface area contributed by atoms with Gasteiger partial charge < -0.3 is 24.6 Å². The fourth-order valence-corrected chi connectivity index (χ4v) is 13.6. The maximum atomic E-state index is 13.2. The number of piperidine rings is 1. The second kappa shape index (κ2) is 12.8. The maximum absolute atomic E-state index is 13.2. The van der Waals surface area contributed by atoms with Crippen LogP contribution in [-0.2, 0) is 19.1 Å². The summed E-state index contributed by atoms with van der Waals surface area (Å²) in [7, 11) is 2.20. The number of hydrogen-bond donors (Lipinski definition) is 1. The van der Waals surface area contributed by atoms with E-state index in [0.717, 1.165) is 95.7 Å². The summed E-state index contributed by atoms with van der Waals surface area (Å²) in [5.41, 5.74) is 0.728. The SMILES string of the molecule is C[C@H]1CC[C@@]2(OC1)O[C@H]1C[C@H]3[C@@H]4CC[C@@H]5CC(NC(=O)CC(=O)N6CCC(N7CCN(C)CC7)CC6)CC[C@]5(C)C4CC[C@]3(C)[C@H]1[C@@H]2C. The number of amides is 2. The van der Waals surface area contributed by atoms with Crippen LogP contribution in [0.15, 0.2) is 0 Å². The number of carbonyl (C=O) groups is 2. The van der Waals surface area contributed by atoms with Crippen molar-refractivity contribution >= 4 is 11.8 Å². The van der Waals surface area contributed by atoms with Gasteiger partial charge in [-0.1, -0.05) is 27.7 Å². The molecule has 4 saturated carbocycles. The molecule has 1 N–H and O–H groups in total. The molecule has 0 aromatic carbocycles. The van der Waals surface area contributed by atoms with E-state index >= 15 is 0 Å². The van der Waals surface area contributed by atoms with Crippen molar-refractivity contribution in [3.8, 4) is 0 Å². The van der Waals surface area contributed by atoms with Crippen molar-refractivity contribution in [2.24, 2.45) is 52.3 Å². The largest absolute Gasteiger partial charge is 0.353 e. The summed E-state index contributed by atoms with van der Waals surface area (Å²) in [6, 6.07) is 0.796. The van der Waals surface area contributed by atoms with E-state index in [1.165, 1.54) is 44.9 Å². The Morgan fingerprint density at radius 3 is 2.29 bits per heavy atom. The lowest BCUT2D eigenvalue weighted by Gasteiger charge is -2.61. The van der Waals surface area contributed by atoms with E-state index in [-0.39, 0.29) is 30.1 Å². The smallest absolute Gasteiger partial charge is 0.232 e. The molecule has 4 aliphatic carbocycles. The number of ether oxygens (including phenoxy) is 2. The average molecular weight is 667 g/mol. The van der Waals surface area contributed by atoms with Crippen LogP contribution in [-0.4, -0.2) is 103 Å². The molecule has 2 unspecified atom stereocenters. The van der Waals surface area contributed by atoms with E-state index in [1.807, 2.05) is 4.90 Å². The molecule has 8 heteroatoms. The fraction of sp³-hybridized carbons (Fsp3) is 0.950. The lowest BCUT2D eigenvalue weighted by atomic mass is 9.44. The van der Waals surface area contributed by atoms with E-state index in [4.69, 9.17) is 9.47 Å². The highest BCUT2D eigenvalue weighted by Crippen LogP contribution is 2.71. The molecule has 4 heterocycles. The molecule has 8 aliphatic rings. The molecule has 0 bridgehead atoms. The summed E-state index contributed by atoms with van der Waals surface area (Å²) < 4.78 is 13.5. The Labute approximate surface area is 290 Å². The van der Waals surface area contributed by atoms with Crippen molar-refractivity contribution in [1.82, 2.24) is 20.0 Å². The molecule has 0 aromatic heterocycles. The zero-order valence-corrected chi connectivity index (χ0v) is 30.9. The molecule has 1 spiro atoms. The van der Waals surface area contributed by atoms with Crippen molar-refractivity contribution in [2.75, 3.05) is 52.9 Å². The van der Waals surface area contributed by atoms with Crippen LogP contribution in [0.1, 0.15) is 111 Å². The number of piperazine rings is 1. The Morgan fingerprint density at radius 2 is 1.56 bits per heavy atom. The Bertz CT molecular complexity index is 1210. The Hall–Kier alpha value is -1.22. The second-order valence-corrected chi connectivity index (χ2v) is 18.8. The standard InChI is InChI=1S/C40H66N4O4/c1-26-8-15-40(47-25-26)27(2)37-34(48-40)23-33-31-7-6-28-22-29(9-13-38(28,3)32(31)10-14-39(33,37)4)41-35(45)24-36(46)44-16-11-30(12-17-44)43-20-18-42(5)19-21-43/h26-34,37H,6-25H2,1-5H3,(H,41,45)/t26-,27-,28+,29?,31+,32?,33-,34-,37-,38-,39-,40+/m0/s1. The number of hydrogen-bond acceptors (Lipinski definition) is 6. The van der Waals surface area contributed by atoms with Gasteiger partial charge in [0, 0.05) is 63.7 Å². The second-order valence-electron chi connectivity index (χ2n) is 18.8. The van der Waals surface area contributed by atoms with Gasteiger partial charge in [0.25, 0.3) is 0 Å². The lowest BCUT2D eigenvalue weighted by Crippen LogP contribution is -2.56. The third kappa shape index (κ3) is 5.69. The van der Waals surface area contributed by atoms with Gasteiger partial charge in [-0.3, -0.25) is 14.5 Å². The summed E-state index contributed by atoms with van der Waals surface area (Å²) in [5, 5.41) is 3.35. The minimum Gasteiger partial charge on any atom is -0.353 e. The summed E-state index contributed by atoms with van der Waals surface area (Å²) in [6.07, 6.45) is 14.6. The topological polar surface area (TPSA) is 74.3 Å². The molecule has 2 amide bonds. The normalized spacial score (nSPS) is 48.4. The average Bonchev–Trinajstić information content (AvgIpc) is 3.52. The van der Waals surface area contributed by atoms with E-state index in [9.17, 15) is 9.59 Å². The molecule has 8 fully saturated rings. The molecule has 270 valence electrons. The highest BCUT2D eigenvalue weighted by atomic mass is 16.7. The minimum absolute atomic E-state index is 0.0107. The van der Waals surface area contributed by atoms with Crippen molar-refractivity contribution in [1.29, 1.82) is 0 Å². The first-order valence-electron chi connectivity index (χ1n) is 20.3. The third-order valence-electron chi connectivity index (χ3n) is 16.5. The summed E-state index contributed by atoms with van der Waals surface area (Å²) in [6.45, 7) is 17.0. The van der Waals surface area contributed by atoms with Crippen molar-refractivity contribution < 1.29 is 19.1 Å². The van der Waals surface area contributed by atoms with Crippen LogP contribution in [0.2, 0.25) is 0 Å². The quantitative estimate of drug-likeness (QED) is 0.397. The number of nitrogens with zero attached hydrogens (tertiary/aromatic N) is 3. The van der Waals surface area contributed by atoms with Crippen molar-refractivity contribution in [3.63, 3.8) is 0 Å². The zero-order valence-electron chi connectivity index (χ0n) is 30.9. The maximum Gasteiger partial charge on any atom is 0.232 e. The molecule has 8 nitrogen and oxygen atoms in total. The number of nitrogens with one attached hydrogen (secondary N) is 1. The highest BCUT2D eigenvalue weighted by molar-refractivity contribution is 5.97. The molecule has 12 atom stereocenters. The number of likely N-dealkylation sites (N-methyl/N-ethyl adjacent to an activating group) is 1. The van der Waals surface area contributed by atoms with E-state index in [1.54, 1.807) is 0 Å². The van der Waals surface area contributed by atoms with Crippen LogP contribution in [0.5, 0.6) is 0 Å². The lowest BCUT2D eigenvalue weighted by molar-refractivity contribution is -0.273. The molecular weight excluding hydrogens is 600 g/mol. The van der Waals surface area contributed by atoms with Crippen LogP contribution < -0.4 is 5.32 Å². The van der Waals surface area contributed by atoms with Gasteiger partial charge in [0.15, 0.2) is 5.79 Å². The number of fused-ring (bicyclic) bond motifs is 7. The molecule has 4 saturated heterocycles. The Morgan fingerprint density at radius 1 is 0.812 bits per heavy atom. The van der Waals surface area contributed by atoms with E-state index in [0.29, 0.717) is 46.6 Å². The fourth-order valence-electron chi connectivity index (χ4n) is 13.6. The molecule has 4 aliphatic heterocycles. The van der Waals surface area contributed by atoms with Crippen LogP contribution in [0.25, 0.3) is 0 Å². The Kier molecular flexibility index (Phi) is 9.02. The first-order valence-corrected chi connectivity index (χ1v) is 20.3. The Balaban J connectivity index is 0.831. The van der Waals surface area contributed by atoms with Gasteiger partial charge in [0.05, 0.1) is 12.7 Å². The van der Waals surface area contributed by atoms with Gasteiger partial charge in [0.1, 0.15) is 6.42 Å². The van der Waals surface area contributed by atoms with Gasteiger partial charge in [-0.25, -0.2) is 0 Å². The molecular formula is C40H66N4O4. The minimum atomic E-state index is -0.328. The zero-order chi connectivity index (χ0) is 33.4. The summed E-state index contributed by atoms with van der Waals surface area (Å²) in [5.74, 6) is 4.41. The number of likely N-dealkylation sites (tertiary alicyclic amines) is 1. The van der Waals surface area contributed by atoms with E-state index < -0.39 is 0 Å². The van der Waals surface area contributed by atoms with Gasteiger partial charge in [-0.15, -0.1) is 0 Å². The molecule has 48 heavy (non-hydrogen) atoms. The van der Waals surface area contributed by atoms with Crippen molar-refractivity contribution in [2.45, 2.75) is 135 Å². The molecule has 8 rings (SSSR count).